The number of fused-ring (bicyclic) bond motifs is 5. The SMILES string of the molecule is CC(=O)OC1CC2(C)C3CCC4(C)C(C(C)C/C=C(\C)C(C)(C)C(C)C)CC[C@H]4C3C[C@H](OC(C)=O)[C@H]2C[C@@H]1OC(C)=O. The first-order valence-electron chi connectivity index (χ1n) is 17.1. The summed E-state index contributed by atoms with van der Waals surface area (Å²) in [4.78, 5) is 36.6. The molecule has 0 saturated heterocycles. The highest BCUT2D eigenvalue weighted by atomic mass is 16.6. The van der Waals surface area contributed by atoms with E-state index in [9.17, 15) is 14.4 Å². The van der Waals surface area contributed by atoms with Crippen LogP contribution in [0.4, 0.5) is 0 Å². The van der Waals surface area contributed by atoms with Gasteiger partial charge in [-0.2, -0.15) is 0 Å². The average Bonchev–Trinajstić information content (AvgIpc) is 3.24. The minimum atomic E-state index is -0.517. The molecule has 0 N–H and O–H groups in total. The molecule has 11 atom stereocenters. The zero-order chi connectivity index (χ0) is 32.1. The van der Waals surface area contributed by atoms with Crippen molar-refractivity contribution < 1.29 is 28.6 Å². The van der Waals surface area contributed by atoms with Crippen LogP contribution in [0.5, 0.6) is 0 Å². The van der Waals surface area contributed by atoms with E-state index in [2.05, 4.69) is 61.5 Å². The molecule has 0 amide bonds. The van der Waals surface area contributed by atoms with Gasteiger partial charge in [0.1, 0.15) is 18.3 Å². The summed E-state index contributed by atoms with van der Waals surface area (Å²) in [7, 11) is 0. The maximum absolute atomic E-state index is 12.4. The Morgan fingerprint density at radius 3 is 1.91 bits per heavy atom. The first-order valence-corrected chi connectivity index (χ1v) is 17.1. The molecule has 6 heteroatoms. The van der Waals surface area contributed by atoms with E-state index >= 15 is 0 Å². The van der Waals surface area contributed by atoms with Gasteiger partial charge < -0.3 is 14.2 Å². The molecule has 4 rings (SSSR count). The van der Waals surface area contributed by atoms with Gasteiger partial charge in [-0.1, -0.05) is 60.1 Å². The predicted octanol–water partition coefficient (Wildman–Crippen LogP) is 8.31. The van der Waals surface area contributed by atoms with Crippen molar-refractivity contribution in [1.82, 2.24) is 0 Å². The topological polar surface area (TPSA) is 78.9 Å². The Bertz CT molecular complexity index is 1090. The highest BCUT2D eigenvalue weighted by Gasteiger charge is 2.64. The van der Waals surface area contributed by atoms with Crippen molar-refractivity contribution in [2.75, 3.05) is 0 Å². The van der Waals surface area contributed by atoms with Gasteiger partial charge in [-0.3, -0.25) is 14.4 Å². The predicted molar refractivity (Wildman–Crippen MR) is 169 cm³/mol. The molecular formula is C37H60O6. The fourth-order valence-corrected chi connectivity index (χ4v) is 10.5. The lowest BCUT2D eigenvalue weighted by Gasteiger charge is -2.63. The van der Waals surface area contributed by atoms with Crippen LogP contribution in [0.3, 0.4) is 0 Å². The number of hydrogen-bond acceptors (Lipinski definition) is 6. The molecule has 0 aliphatic heterocycles. The van der Waals surface area contributed by atoms with Gasteiger partial charge in [0, 0.05) is 26.7 Å². The maximum Gasteiger partial charge on any atom is 0.303 e. The standard InChI is InChI=1S/C37H60O6/c1-21(2)35(8,9)23(4)13-12-22(3)28-14-15-29-27-18-32(41-24(5)38)31-19-33(42-25(6)39)34(43-26(7)40)20-37(31,11)30(27)16-17-36(28,29)10/h13,21-22,27-34H,12,14-20H2,1-11H3/b23-13+/t22?,27?,28?,29-,30?,31+,32-,33-,34?,36?,37?/m0/s1. The fourth-order valence-electron chi connectivity index (χ4n) is 10.5. The lowest BCUT2D eigenvalue weighted by atomic mass is 9.43. The summed E-state index contributed by atoms with van der Waals surface area (Å²) in [5.41, 5.74) is 1.80. The number of carbonyl (C=O) groups excluding carboxylic acids is 3. The van der Waals surface area contributed by atoms with Gasteiger partial charge in [-0.05, 0) is 110 Å². The second kappa shape index (κ2) is 12.5. The summed E-state index contributed by atoms with van der Waals surface area (Å²) >= 11 is 0. The van der Waals surface area contributed by atoms with Gasteiger partial charge in [0.2, 0.25) is 0 Å². The fraction of sp³-hybridized carbons (Fsp3) is 0.865. The minimum Gasteiger partial charge on any atom is -0.462 e. The summed E-state index contributed by atoms with van der Waals surface area (Å²) in [6.45, 7) is 23.4. The molecule has 0 aromatic heterocycles. The van der Waals surface area contributed by atoms with E-state index in [1.807, 2.05) is 0 Å². The van der Waals surface area contributed by atoms with E-state index in [0.717, 1.165) is 19.3 Å². The van der Waals surface area contributed by atoms with Crippen molar-refractivity contribution in [3.05, 3.63) is 11.6 Å². The van der Waals surface area contributed by atoms with Gasteiger partial charge in [0.15, 0.2) is 0 Å². The van der Waals surface area contributed by atoms with Crippen LogP contribution >= 0.6 is 0 Å². The number of rotatable bonds is 8. The minimum absolute atomic E-state index is 0.0618. The Morgan fingerprint density at radius 2 is 1.33 bits per heavy atom. The molecule has 4 aliphatic rings. The number of hydrogen-bond donors (Lipinski definition) is 0. The van der Waals surface area contributed by atoms with Crippen molar-refractivity contribution >= 4 is 17.9 Å². The summed E-state index contributed by atoms with van der Waals surface area (Å²) in [6.07, 6.45) is 9.32. The molecule has 4 saturated carbocycles. The van der Waals surface area contributed by atoms with Crippen molar-refractivity contribution in [3.8, 4) is 0 Å². The van der Waals surface area contributed by atoms with Gasteiger partial charge in [-0.25, -0.2) is 0 Å². The second-order valence-corrected chi connectivity index (χ2v) is 16.3. The lowest BCUT2D eigenvalue weighted by Crippen LogP contribution is -2.62. The summed E-state index contributed by atoms with van der Waals surface area (Å²) in [5.74, 6) is 2.50. The molecule has 4 fully saturated rings. The summed E-state index contributed by atoms with van der Waals surface area (Å²) < 4.78 is 17.7. The average molecular weight is 601 g/mol. The molecule has 0 aromatic carbocycles. The third-order valence-electron chi connectivity index (χ3n) is 13.6. The Hall–Kier alpha value is -1.85. The number of allylic oxidation sites excluding steroid dienone is 2. The Balaban J connectivity index is 1.61. The van der Waals surface area contributed by atoms with E-state index in [1.54, 1.807) is 0 Å². The molecular weight excluding hydrogens is 540 g/mol. The third kappa shape index (κ3) is 6.45. The summed E-state index contributed by atoms with van der Waals surface area (Å²) in [6, 6.07) is 0. The van der Waals surface area contributed by atoms with Crippen LogP contribution in [0.2, 0.25) is 0 Å². The van der Waals surface area contributed by atoms with E-state index in [0.29, 0.717) is 48.3 Å². The quantitative estimate of drug-likeness (QED) is 0.158. The van der Waals surface area contributed by atoms with Gasteiger partial charge in [0.25, 0.3) is 0 Å². The van der Waals surface area contributed by atoms with E-state index in [-0.39, 0.29) is 46.2 Å². The third-order valence-corrected chi connectivity index (χ3v) is 13.6. The van der Waals surface area contributed by atoms with E-state index in [4.69, 9.17) is 14.2 Å². The molecule has 0 aromatic rings. The first-order chi connectivity index (χ1) is 19.9. The van der Waals surface area contributed by atoms with Crippen LogP contribution in [0.15, 0.2) is 11.6 Å². The normalized spacial score (nSPS) is 40.1. The van der Waals surface area contributed by atoms with Gasteiger partial charge in [-0.15, -0.1) is 0 Å². The molecule has 43 heavy (non-hydrogen) atoms. The molecule has 0 bridgehead atoms. The number of esters is 3. The van der Waals surface area contributed by atoms with E-state index < -0.39 is 12.2 Å². The molecule has 0 radical (unpaired) electrons. The van der Waals surface area contributed by atoms with Crippen LogP contribution in [0, 0.1) is 57.7 Å². The van der Waals surface area contributed by atoms with Crippen LogP contribution in [-0.4, -0.2) is 36.2 Å². The Kier molecular flexibility index (Phi) is 9.90. The zero-order valence-corrected chi connectivity index (χ0v) is 29.0. The van der Waals surface area contributed by atoms with Crippen LogP contribution in [0.25, 0.3) is 0 Å². The number of ether oxygens (including phenoxy) is 3. The second-order valence-electron chi connectivity index (χ2n) is 16.3. The van der Waals surface area contributed by atoms with Gasteiger partial charge >= 0.3 is 17.9 Å². The molecule has 4 aliphatic carbocycles. The van der Waals surface area contributed by atoms with Crippen molar-refractivity contribution in [2.24, 2.45) is 57.7 Å². The monoisotopic (exact) mass is 600 g/mol. The van der Waals surface area contributed by atoms with Crippen molar-refractivity contribution in [3.63, 3.8) is 0 Å². The number of carbonyl (C=O) groups is 3. The first kappa shape index (κ1) is 34.0. The highest BCUT2D eigenvalue weighted by molar-refractivity contribution is 5.67. The van der Waals surface area contributed by atoms with E-state index in [1.165, 1.54) is 45.6 Å². The lowest BCUT2D eigenvalue weighted by molar-refractivity contribution is -0.219. The largest absolute Gasteiger partial charge is 0.462 e. The Labute approximate surface area is 261 Å². The van der Waals surface area contributed by atoms with Crippen molar-refractivity contribution in [1.29, 1.82) is 0 Å². The van der Waals surface area contributed by atoms with Crippen LogP contribution in [0.1, 0.15) is 128 Å². The highest BCUT2D eigenvalue weighted by Crippen LogP contribution is 2.69. The Morgan fingerprint density at radius 1 is 0.767 bits per heavy atom. The smallest absolute Gasteiger partial charge is 0.303 e. The zero-order valence-electron chi connectivity index (χ0n) is 29.0. The molecule has 0 heterocycles. The van der Waals surface area contributed by atoms with Crippen molar-refractivity contribution in [2.45, 2.75) is 146 Å². The van der Waals surface area contributed by atoms with Crippen LogP contribution in [-0.2, 0) is 28.6 Å². The summed E-state index contributed by atoms with van der Waals surface area (Å²) in [5, 5.41) is 0. The van der Waals surface area contributed by atoms with Gasteiger partial charge in [0.05, 0.1) is 0 Å². The van der Waals surface area contributed by atoms with Crippen LogP contribution < -0.4 is 0 Å². The molecule has 7 unspecified atom stereocenters. The maximum atomic E-state index is 12.4. The molecule has 6 nitrogen and oxygen atoms in total. The molecule has 0 spiro atoms. The molecule has 244 valence electrons.